The summed E-state index contributed by atoms with van der Waals surface area (Å²) in [6, 6.07) is 7.63. The highest BCUT2D eigenvalue weighted by Gasteiger charge is 2.56. The van der Waals surface area contributed by atoms with E-state index in [0.717, 1.165) is 5.56 Å². The molecule has 2 fully saturated rings. The van der Waals surface area contributed by atoms with E-state index in [-0.39, 0.29) is 30.8 Å². The number of amides is 4. The molecule has 2 aliphatic heterocycles. The molecule has 1 aromatic carbocycles. The molecule has 2 heterocycles. The van der Waals surface area contributed by atoms with Gasteiger partial charge in [-0.1, -0.05) is 32.0 Å². The largest absolute Gasteiger partial charge is 0.393 e. The number of aliphatic hydroxyl groups excluding tert-OH is 1. The van der Waals surface area contributed by atoms with Crippen molar-refractivity contribution in [2.75, 3.05) is 18.9 Å². The number of rotatable bonds is 7. The maximum atomic E-state index is 13.9. The van der Waals surface area contributed by atoms with Crippen molar-refractivity contribution in [3.8, 4) is 6.07 Å². The number of para-hydroxylation sites is 1. The molecule has 37 heavy (non-hydrogen) atoms. The Balaban J connectivity index is 1.51. The summed E-state index contributed by atoms with van der Waals surface area (Å²) in [5.41, 5.74) is 0.447. The van der Waals surface area contributed by atoms with E-state index in [2.05, 4.69) is 16.7 Å². The predicted molar refractivity (Wildman–Crippen MR) is 135 cm³/mol. The molecule has 5 atom stereocenters. The number of aliphatic hydroxyl groups is 1. The van der Waals surface area contributed by atoms with Crippen molar-refractivity contribution in [1.29, 1.82) is 5.26 Å². The molecule has 1 aliphatic carbocycles. The van der Waals surface area contributed by atoms with Crippen LogP contribution in [0.4, 0.5) is 5.69 Å². The Kier molecular flexibility index (Phi) is 7.55. The molecule has 10 heteroatoms. The lowest BCUT2D eigenvalue weighted by Gasteiger charge is -2.33. The molecule has 3 aliphatic rings. The topological polar surface area (TPSA) is 143 Å². The molecule has 3 N–H and O–H groups in total. The first-order valence-corrected chi connectivity index (χ1v) is 12.9. The fourth-order valence-electron chi connectivity index (χ4n) is 5.85. The van der Waals surface area contributed by atoms with Crippen molar-refractivity contribution in [3.63, 3.8) is 0 Å². The van der Waals surface area contributed by atoms with Crippen LogP contribution in [0, 0.1) is 17.2 Å². The first-order valence-electron chi connectivity index (χ1n) is 12.9. The number of carbonyl (C=O) groups excluding carboxylic acids is 4. The highest BCUT2D eigenvalue weighted by atomic mass is 16.3. The van der Waals surface area contributed by atoms with Crippen LogP contribution in [0.1, 0.15) is 57.9 Å². The second kappa shape index (κ2) is 10.5. The number of nitrogens with zero attached hydrogens (tertiary/aromatic N) is 3. The van der Waals surface area contributed by atoms with Gasteiger partial charge in [-0.15, -0.1) is 0 Å². The number of benzene rings is 1. The normalized spacial score (nSPS) is 27.1. The fraction of sp³-hybridized carbons (Fsp3) is 0.593. The number of hydrogen-bond acceptors (Lipinski definition) is 6. The molecule has 0 aromatic heterocycles. The van der Waals surface area contributed by atoms with Crippen LogP contribution in [0.3, 0.4) is 0 Å². The molecule has 0 unspecified atom stereocenters. The number of nitriles is 1. The number of hydrogen-bond donors (Lipinski definition) is 3. The number of anilines is 1. The summed E-state index contributed by atoms with van der Waals surface area (Å²) < 4.78 is 0. The minimum absolute atomic E-state index is 0.0496. The van der Waals surface area contributed by atoms with Gasteiger partial charge in [0.2, 0.25) is 23.6 Å². The van der Waals surface area contributed by atoms with Gasteiger partial charge in [-0.3, -0.25) is 19.2 Å². The van der Waals surface area contributed by atoms with Crippen molar-refractivity contribution in [3.05, 3.63) is 29.8 Å². The fourth-order valence-corrected chi connectivity index (χ4v) is 5.85. The molecule has 4 rings (SSSR count). The summed E-state index contributed by atoms with van der Waals surface area (Å²) in [7, 11) is 1.50. The van der Waals surface area contributed by atoms with E-state index in [9.17, 15) is 29.5 Å². The molecule has 1 aromatic rings. The molecule has 0 radical (unpaired) electrons. The Hall–Kier alpha value is -3.45. The van der Waals surface area contributed by atoms with Gasteiger partial charge >= 0.3 is 0 Å². The number of likely N-dealkylation sites (tertiary alicyclic amines) is 1. The minimum atomic E-state index is -1.01. The molecule has 0 bridgehead atoms. The second-order valence-corrected chi connectivity index (χ2v) is 11.0. The molecular weight excluding hydrogens is 474 g/mol. The molecule has 4 amide bonds. The van der Waals surface area contributed by atoms with E-state index in [1.165, 1.54) is 16.8 Å². The van der Waals surface area contributed by atoms with Gasteiger partial charge in [0.05, 0.1) is 17.6 Å². The lowest BCUT2D eigenvalue weighted by Crippen LogP contribution is -2.52. The zero-order chi connectivity index (χ0) is 26.9. The van der Waals surface area contributed by atoms with Crippen molar-refractivity contribution >= 4 is 29.3 Å². The highest BCUT2D eigenvalue weighted by Crippen LogP contribution is 2.46. The predicted octanol–water partition coefficient (Wildman–Crippen LogP) is 1.29. The van der Waals surface area contributed by atoms with Crippen molar-refractivity contribution < 1.29 is 24.3 Å². The Morgan fingerprint density at radius 1 is 1.30 bits per heavy atom. The number of carbonyl (C=O) groups is 4. The van der Waals surface area contributed by atoms with E-state index in [4.69, 9.17) is 0 Å². The van der Waals surface area contributed by atoms with Gasteiger partial charge < -0.3 is 25.5 Å². The van der Waals surface area contributed by atoms with Crippen LogP contribution in [0.2, 0.25) is 0 Å². The van der Waals surface area contributed by atoms with Crippen LogP contribution >= 0.6 is 0 Å². The third kappa shape index (κ3) is 5.18. The van der Waals surface area contributed by atoms with Gasteiger partial charge in [0.1, 0.15) is 18.5 Å². The van der Waals surface area contributed by atoms with E-state index in [1.54, 1.807) is 6.07 Å². The van der Waals surface area contributed by atoms with Gasteiger partial charge in [0.15, 0.2) is 0 Å². The Bertz CT molecular complexity index is 1130. The van der Waals surface area contributed by atoms with Gasteiger partial charge in [0, 0.05) is 31.7 Å². The quantitative estimate of drug-likeness (QED) is 0.473. The van der Waals surface area contributed by atoms with Gasteiger partial charge in [-0.25, -0.2) is 0 Å². The van der Waals surface area contributed by atoms with E-state index >= 15 is 0 Å². The standard InChI is InChI=1S/C27H35N5O5/c1-16(2)10-22(31(3)24(35)12-23(34)29-17-8-9-19(33)11-17)25(36)32-15-27(13-18(32)14-28)20-6-4-5-7-21(20)30-26(27)37/h4-7,16-19,22,33H,8-13,15H2,1-3H3,(H,29,34)(H,30,37)/t17-,18-,19-,22-,27-/m0/s1. The lowest BCUT2D eigenvalue weighted by molar-refractivity contribution is -0.147. The van der Waals surface area contributed by atoms with Crippen LogP contribution < -0.4 is 10.6 Å². The van der Waals surface area contributed by atoms with Crippen LogP contribution in [-0.2, 0) is 24.6 Å². The number of nitrogens with one attached hydrogen (secondary N) is 2. The first kappa shape index (κ1) is 26.6. The minimum Gasteiger partial charge on any atom is -0.393 e. The molecule has 10 nitrogen and oxygen atoms in total. The lowest BCUT2D eigenvalue weighted by atomic mass is 9.80. The summed E-state index contributed by atoms with van der Waals surface area (Å²) >= 11 is 0. The average molecular weight is 510 g/mol. The van der Waals surface area contributed by atoms with Gasteiger partial charge in [-0.2, -0.15) is 5.26 Å². The summed E-state index contributed by atoms with van der Waals surface area (Å²) in [6.07, 6.45) is 1.42. The first-order chi connectivity index (χ1) is 17.6. The molecular formula is C27H35N5O5. The average Bonchev–Trinajstić information content (AvgIpc) is 3.52. The van der Waals surface area contributed by atoms with Crippen LogP contribution in [0.25, 0.3) is 0 Å². The van der Waals surface area contributed by atoms with Crippen molar-refractivity contribution in [2.45, 2.75) is 82.0 Å². The van der Waals surface area contributed by atoms with Crippen molar-refractivity contribution in [1.82, 2.24) is 15.1 Å². The summed E-state index contributed by atoms with van der Waals surface area (Å²) in [5.74, 6) is -1.51. The zero-order valence-electron chi connectivity index (χ0n) is 21.6. The molecule has 1 saturated carbocycles. The summed E-state index contributed by atoms with van der Waals surface area (Å²) in [4.78, 5) is 55.2. The highest BCUT2D eigenvalue weighted by molar-refractivity contribution is 6.07. The third-order valence-electron chi connectivity index (χ3n) is 7.84. The Morgan fingerprint density at radius 3 is 2.68 bits per heavy atom. The van der Waals surface area contributed by atoms with Gasteiger partial charge in [-0.05, 0) is 43.2 Å². The smallest absolute Gasteiger partial charge is 0.246 e. The number of fused-ring (bicyclic) bond motifs is 2. The van der Waals surface area contributed by atoms with Crippen molar-refractivity contribution in [2.24, 2.45) is 5.92 Å². The Labute approximate surface area is 217 Å². The van der Waals surface area contributed by atoms with Crippen LogP contribution in [0.5, 0.6) is 0 Å². The van der Waals surface area contributed by atoms with E-state index < -0.39 is 47.7 Å². The van der Waals surface area contributed by atoms with Crippen LogP contribution in [-0.4, -0.2) is 76.4 Å². The van der Waals surface area contributed by atoms with Gasteiger partial charge in [0.25, 0.3) is 0 Å². The molecule has 1 saturated heterocycles. The maximum Gasteiger partial charge on any atom is 0.246 e. The molecule has 198 valence electrons. The monoisotopic (exact) mass is 509 g/mol. The number of likely N-dealkylation sites (N-methyl/N-ethyl adjacent to an activating group) is 1. The zero-order valence-corrected chi connectivity index (χ0v) is 21.6. The maximum absolute atomic E-state index is 13.9. The third-order valence-corrected chi connectivity index (χ3v) is 7.84. The van der Waals surface area contributed by atoms with E-state index in [0.29, 0.717) is 31.4 Å². The van der Waals surface area contributed by atoms with E-state index in [1.807, 2.05) is 32.0 Å². The molecule has 1 spiro atoms. The summed E-state index contributed by atoms with van der Waals surface area (Å²) in [5, 5.41) is 25.3. The Morgan fingerprint density at radius 2 is 2.03 bits per heavy atom. The summed E-state index contributed by atoms with van der Waals surface area (Å²) in [6.45, 7) is 3.92. The SMILES string of the molecule is CC(C)C[C@@H](C(=O)N1C[C@]2(C[C@H]1C#N)C(=O)Nc1ccccc12)N(C)C(=O)CC(=O)N[C@H]1CC[C@H](O)C1. The van der Waals surface area contributed by atoms with Crippen LogP contribution in [0.15, 0.2) is 24.3 Å². The second-order valence-electron chi connectivity index (χ2n) is 11.0.